The van der Waals surface area contributed by atoms with Gasteiger partial charge in [0, 0.05) is 50.4 Å². The van der Waals surface area contributed by atoms with Crippen LogP contribution in [-0.4, -0.2) is 58.8 Å². The van der Waals surface area contributed by atoms with Crippen molar-refractivity contribution >= 4 is 5.82 Å². The number of β-amino-alcohol motifs (C(OH)–C–C–N with tert-alkyl or cyclic N) is 1. The van der Waals surface area contributed by atoms with E-state index in [2.05, 4.69) is 21.7 Å². The van der Waals surface area contributed by atoms with Gasteiger partial charge in [0.15, 0.2) is 0 Å². The van der Waals surface area contributed by atoms with Crippen LogP contribution in [0.5, 0.6) is 0 Å². The fourth-order valence-electron chi connectivity index (χ4n) is 3.82. The molecule has 0 spiro atoms. The van der Waals surface area contributed by atoms with E-state index >= 15 is 0 Å². The van der Waals surface area contributed by atoms with Crippen LogP contribution in [-0.2, 0) is 12.8 Å². The zero-order valence-corrected chi connectivity index (χ0v) is 18.0. The van der Waals surface area contributed by atoms with E-state index in [1.807, 2.05) is 32.9 Å². The lowest BCUT2D eigenvalue weighted by molar-refractivity contribution is 0.0738. The normalized spacial score (nSPS) is 16.4. The summed E-state index contributed by atoms with van der Waals surface area (Å²) in [6.07, 6.45) is 0.990. The fraction of sp³-hybridized carbons (Fsp3) is 0.565. The van der Waals surface area contributed by atoms with Gasteiger partial charge in [-0.15, -0.1) is 0 Å². The Morgan fingerprint density at radius 3 is 2.41 bits per heavy atom. The monoisotopic (exact) mass is 400 g/mol. The zero-order chi connectivity index (χ0) is 21.0. The number of aryl methyl sites for hydroxylation is 2. The Bertz CT molecular complexity index is 819. The molecule has 6 heteroatoms. The van der Waals surface area contributed by atoms with Gasteiger partial charge in [0.2, 0.25) is 0 Å². The van der Waals surface area contributed by atoms with Gasteiger partial charge in [-0.2, -0.15) is 0 Å². The molecular weight excluding hydrogens is 367 g/mol. The van der Waals surface area contributed by atoms with E-state index in [4.69, 9.17) is 4.98 Å². The van der Waals surface area contributed by atoms with Gasteiger partial charge >= 0.3 is 0 Å². The van der Waals surface area contributed by atoms with Crippen molar-refractivity contribution in [2.45, 2.75) is 46.6 Å². The van der Waals surface area contributed by atoms with Crippen molar-refractivity contribution in [3.63, 3.8) is 0 Å². The van der Waals surface area contributed by atoms with E-state index in [1.165, 1.54) is 6.07 Å². The molecule has 1 atom stereocenters. The maximum atomic E-state index is 14.3. The number of piperazine rings is 1. The smallest absolute Gasteiger partial charge is 0.136 e. The van der Waals surface area contributed by atoms with Crippen LogP contribution < -0.4 is 4.90 Å². The molecule has 2 heterocycles. The molecule has 0 aliphatic carbocycles. The molecule has 0 radical (unpaired) electrons. The maximum absolute atomic E-state index is 14.3. The molecule has 1 aliphatic rings. The molecule has 158 valence electrons. The largest absolute Gasteiger partial charge is 0.392 e. The SMILES string of the molecule is CCc1nc(C)nc(N2CCN(CC(O)C(C)C)CC2)c1Cc1ccccc1F. The Hall–Kier alpha value is -2.05. The Labute approximate surface area is 173 Å². The van der Waals surface area contributed by atoms with E-state index in [-0.39, 0.29) is 17.8 Å². The quantitative estimate of drug-likeness (QED) is 0.773. The Kier molecular flexibility index (Phi) is 7.19. The minimum absolute atomic E-state index is 0.187. The predicted octanol–water partition coefficient (Wildman–Crippen LogP) is 3.22. The average molecular weight is 401 g/mol. The zero-order valence-electron chi connectivity index (χ0n) is 18.0. The second-order valence-electron chi connectivity index (χ2n) is 8.24. The highest BCUT2D eigenvalue weighted by Crippen LogP contribution is 2.27. The van der Waals surface area contributed by atoms with Crippen LogP contribution in [0, 0.1) is 18.7 Å². The summed E-state index contributed by atoms with van der Waals surface area (Å²) in [5.41, 5.74) is 2.70. The summed E-state index contributed by atoms with van der Waals surface area (Å²) in [4.78, 5) is 14.0. The molecule has 1 saturated heterocycles. The van der Waals surface area contributed by atoms with Gasteiger partial charge in [0.1, 0.15) is 17.5 Å². The molecule has 1 N–H and O–H groups in total. The van der Waals surface area contributed by atoms with Gasteiger partial charge in [0.05, 0.1) is 6.10 Å². The number of benzene rings is 1. The van der Waals surface area contributed by atoms with Crippen LogP contribution in [0.25, 0.3) is 0 Å². The number of hydrogen-bond donors (Lipinski definition) is 1. The predicted molar refractivity (Wildman–Crippen MR) is 115 cm³/mol. The van der Waals surface area contributed by atoms with Crippen LogP contribution in [0.1, 0.15) is 43.4 Å². The summed E-state index contributed by atoms with van der Waals surface area (Å²) in [5.74, 6) is 1.76. The first kappa shape index (κ1) is 21.7. The highest BCUT2D eigenvalue weighted by atomic mass is 19.1. The van der Waals surface area contributed by atoms with E-state index in [1.54, 1.807) is 6.07 Å². The Balaban J connectivity index is 1.82. The lowest BCUT2D eigenvalue weighted by atomic mass is 10.0. The van der Waals surface area contributed by atoms with Crippen molar-refractivity contribution < 1.29 is 9.50 Å². The molecule has 1 aliphatic heterocycles. The first-order valence-electron chi connectivity index (χ1n) is 10.6. The second kappa shape index (κ2) is 9.63. The highest BCUT2D eigenvalue weighted by Gasteiger charge is 2.25. The molecule has 3 rings (SSSR count). The minimum Gasteiger partial charge on any atom is -0.392 e. The van der Waals surface area contributed by atoms with Crippen LogP contribution in [0.15, 0.2) is 24.3 Å². The van der Waals surface area contributed by atoms with Crippen molar-refractivity contribution in [1.82, 2.24) is 14.9 Å². The number of anilines is 1. The highest BCUT2D eigenvalue weighted by molar-refractivity contribution is 5.52. The molecule has 1 fully saturated rings. The van der Waals surface area contributed by atoms with E-state index in [0.717, 1.165) is 55.5 Å². The molecule has 5 nitrogen and oxygen atoms in total. The van der Waals surface area contributed by atoms with Gasteiger partial charge in [0.25, 0.3) is 0 Å². The van der Waals surface area contributed by atoms with Crippen molar-refractivity contribution in [1.29, 1.82) is 0 Å². The number of aromatic nitrogens is 2. The summed E-state index contributed by atoms with van der Waals surface area (Å²) in [6, 6.07) is 6.94. The van der Waals surface area contributed by atoms with E-state index in [0.29, 0.717) is 18.5 Å². The van der Waals surface area contributed by atoms with Crippen LogP contribution in [0.2, 0.25) is 0 Å². The molecule has 0 amide bonds. The molecule has 1 unspecified atom stereocenters. The summed E-state index contributed by atoms with van der Waals surface area (Å²) in [6.45, 7) is 12.3. The third kappa shape index (κ3) is 5.31. The number of nitrogens with zero attached hydrogens (tertiary/aromatic N) is 4. The second-order valence-corrected chi connectivity index (χ2v) is 8.24. The first-order valence-corrected chi connectivity index (χ1v) is 10.6. The minimum atomic E-state index is -0.300. The van der Waals surface area contributed by atoms with Crippen LogP contribution in [0.3, 0.4) is 0 Å². The number of rotatable bonds is 7. The van der Waals surface area contributed by atoms with E-state index in [9.17, 15) is 9.50 Å². The van der Waals surface area contributed by atoms with Crippen molar-refractivity contribution in [2.24, 2.45) is 5.92 Å². The standard InChI is InChI=1S/C23H33FN4O/c1-5-21-19(14-18-8-6-7-9-20(18)24)23(26-17(4)25-21)28-12-10-27(11-13-28)15-22(29)16(2)3/h6-9,16,22,29H,5,10-15H2,1-4H3. The Morgan fingerprint density at radius 2 is 1.79 bits per heavy atom. The molecule has 1 aromatic heterocycles. The molecule has 2 aromatic rings. The van der Waals surface area contributed by atoms with Crippen molar-refractivity contribution in [3.8, 4) is 0 Å². The van der Waals surface area contributed by atoms with Gasteiger partial charge in [-0.25, -0.2) is 14.4 Å². The van der Waals surface area contributed by atoms with Gasteiger partial charge in [-0.1, -0.05) is 39.0 Å². The first-order chi connectivity index (χ1) is 13.9. The third-order valence-electron chi connectivity index (χ3n) is 5.73. The number of hydrogen-bond acceptors (Lipinski definition) is 5. The number of aliphatic hydroxyl groups is 1. The van der Waals surface area contributed by atoms with Gasteiger partial charge < -0.3 is 10.0 Å². The summed E-state index contributed by atoms with van der Waals surface area (Å²) < 4.78 is 14.3. The summed E-state index contributed by atoms with van der Waals surface area (Å²) >= 11 is 0. The molecule has 1 aromatic carbocycles. The maximum Gasteiger partial charge on any atom is 0.136 e. The lowest BCUT2D eigenvalue weighted by Crippen LogP contribution is -2.49. The summed E-state index contributed by atoms with van der Waals surface area (Å²) in [5, 5.41) is 10.2. The lowest BCUT2D eigenvalue weighted by Gasteiger charge is -2.37. The van der Waals surface area contributed by atoms with Crippen molar-refractivity contribution in [2.75, 3.05) is 37.6 Å². The molecule has 0 saturated carbocycles. The average Bonchev–Trinajstić information content (AvgIpc) is 2.71. The topological polar surface area (TPSA) is 52.5 Å². The number of halogens is 1. The molecule has 29 heavy (non-hydrogen) atoms. The summed E-state index contributed by atoms with van der Waals surface area (Å²) in [7, 11) is 0. The van der Waals surface area contributed by atoms with Gasteiger partial charge in [-0.3, -0.25) is 4.90 Å². The Morgan fingerprint density at radius 1 is 1.10 bits per heavy atom. The molecule has 0 bridgehead atoms. The third-order valence-corrected chi connectivity index (χ3v) is 5.73. The van der Waals surface area contributed by atoms with Crippen molar-refractivity contribution in [3.05, 3.63) is 52.7 Å². The van der Waals surface area contributed by atoms with Gasteiger partial charge in [-0.05, 0) is 30.9 Å². The van der Waals surface area contributed by atoms with Crippen LogP contribution >= 0.6 is 0 Å². The van der Waals surface area contributed by atoms with E-state index < -0.39 is 0 Å². The fourth-order valence-corrected chi connectivity index (χ4v) is 3.82. The number of aliphatic hydroxyl groups excluding tert-OH is 1. The molecular formula is C23H33FN4O. The van der Waals surface area contributed by atoms with Crippen LogP contribution in [0.4, 0.5) is 10.2 Å².